The van der Waals surface area contributed by atoms with Gasteiger partial charge in [-0.3, -0.25) is 4.84 Å². The highest BCUT2D eigenvalue weighted by Gasteiger charge is 2.31. The summed E-state index contributed by atoms with van der Waals surface area (Å²) in [6, 6.07) is 1.61. The second-order valence-electron chi connectivity index (χ2n) is 3.89. The van der Waals surface area contributed by atoms with Crippen LogP contribution in [-0.2, 0) is 14.9 Å². The van der Waals surface area contributed by atoms with E-state index in [0.717, 1.165) is 18.6 Å². The van der Waals surface area contributed by atoms with Crippen LogP contribution in [0.15, 0.2) is 17.0 Å². The van der Waals surface area contributed by atoms with Gasteiger partial charge in [0.1, 0.15) is 4.90 Å². The van der Waals surface area contributed by atoms with E-state index in [-0.39, 0.29) is 18.8 Å². The van der Waals surface area contributed by atoms with E-state index in [2.05, 4.69) is 0 Å². The molecule has 1 aliphatic rings. The fraction of sp³-hybridized carbons (Fsp3) is 0.400. The zero-order valence-electron chi connectivity index (χ0n) is 9.40. The summed E-state index contributed by atoms with van der Waals surface area (Å²) in [5.41, 5.74) is 5.16. The smallest absolute Gasteiger partial charge is 0.268 e. The van der Waals surface area contributed by atoms with Crippen molar-refractivity contribution in [2.24, 2.45) is 0 Å². The van der Waals surface area contributed by atoms with Crippen molar-refractivity contribution in [1.82, 2.24) is 4.47 Å². The molecule has 0 saturated carbocycles. The Morgan fingerprint density at radius 2 is 2.00 bits per heavy atom. The first-order valence-electron chi connectivity index (χ1n) is 5.33. The van der Waals surface area contributed by atoms with Crippen LogP contribution in [0.5, 0.6) is 0 Å². The summed E-state index contributed by atoms with van der Waals surface area (Å²) in [5, 5.41) is 0. The number of nitrogens with two attached hydrogens (primary N) is 1. The number of anilines is 1. The van der Waals surface area contributed by atoms with Crippen molar-refractivity contribution in [2.75, 3.05) is 18.9 Å². The van der Waals surface area contributed by atoms with Gasteiger partial charge in [-0.05, 0) is 25.0 Å². The van der Waals surface area contributed by atoms with Crippen LogP contribution >= 0.6 is 0 Å². The Balaban J connectivity index is 2.46. The van der Waals surface area contributed by atoms with E-state index in [1.807, 2.05) is 0 Å². The van der Waals surface area contributed by atoms with Crippen molar-refractivity contribution in [3.05, 3.63) is 23.8 Å². The van der Waals surface area contributed by atoms with Crippen LogP contribution in [0.4, 0.5) is 14.5 Å². The third-order valence-corrected chi connectivity index (χ3v) is 4.21. The lowest BCUT2D eigenvalue weighted by atomic mass is 10.3. The molecular weight excluding hydrogens is 266 g/mol. The van der Waals surface area contributed by atoms with E-state index in [4.69, 9.17) is 10.6 Å². The van der Waals surface area contributed by atoms with Gasteiger partial charge in [-0.1, -0.05) is 4.47 Å². The maximum atomic E-state index is 13.5. The molecule has 1 saturated heterocycles. The lowest BCUT2D eigenvalue weighted by Gasteiger charge is -2.25. The van der Waals surface area contributed by atoms with Crippen molar-refractivity contribution in [1.29, 1.82) is 0 Å². The van der Waals surface area contributed by atoms with Gasteiger partial charge in [-0.15, -0.1) is 0 Å². The fourth-order valence-electron chi connectivity index (χ4n) is 1.64. The first-order chi connectivity index (χ1) is 8.43. The number of rotatable bonds is 2. The van der Waals surface area contributed by atoms with Gasteiger partial charge in [-0.25, -0.2) is 17.2 Å². The quantitative estimate of drug-likeness (QED) is 0.827. The lowest BCUT2D eigenvalue weighted by molar-refractivity contribution is -0.109. The minimum Gasteiger partial charge on any atom is -0.399 e. The van der Waals surface area contributed by atoms with Gasteiger partial charge >= 0.3 is 0 Å². The second-order valence-corrected chi connectivity index (χ2v) is 5.68. The maximum absolute atomic E-state index is 13.5. The van der Waals surface area contributed by atoms with Gasteiger partial charge < -0.3 is 5.73 Å². The van der Waals surface area contributed by atoms with Crippen LogP contribution in [0.3, 0.4) is 0 Å². The van der Waals surface area contributed by atoms with E-state index in [9.17, 15) is 17.2 Å². The summed E-state index contributed by atoms with van der Waals surface area (Å²) in [6.07, 6.45) is 1.32. The van der Waals surface area contributed by atoms with Gasteiger partial charge in [-0.2, -0.15) is 0 Å². The molecule has 0 bridgehead atoms. The number of sulfonamides is 1. The largest absolute Gasteiger partial charge is 0.399 e. The molecule has 1 fully saturated rings. The second kappa shape index (κ2) is 4.79. The molecule has 100 valence electrons. The summed E-state index contributed by atoms with van der Waals surface area (Å²) in [4.78, 5) is 4.14. The van der Waals surface area contributed by atoms with Gasteiger partial charge in [0.15, 0.2) is 11.6 Å². The fourth-order valence-corrected chi connectivity index (χ4v) is 3.06. The molecule has 18 heavy (non-hydrogen) atoms. The highest BCUT2D eigenvalue weighted by molar-refractivity contribution is 7.89. The molecule has 8 heteroatoms. The number of benzene rings is 1. The highest BCUT2D eigenvalue weighted by Crippen LogP contribution is 2.25. The first kappa shape index (κ1) is 13.2. The molecule has 0 unspecified atom stereocenters. The standard InChI is InChI=1S/C10H12F2N2O3S/c11-8-5-7(13)6-9(10(8)12)18(15,16)14-3-1-2-4-17-14/h5-6H,1-4,13H2. The molecule has 5 nitrogen and oxygen atoms in total. The summed E-state index contributed by atoms with van der Waals surface area (Å²) in [6.45, 7) is 0.337. The third-order valence-electron chi connectivity index (χ3n) is 2.53. The summed E-state index contributed by atoms with van der Waals surface area (Å²) < 4.78 is 51.5. The molecule has 1 aromatic rings. The number of nitrogen functional groups attached to an aromatic ring is 1. The predicted molar refractivity (Wildman–Crippen MR) is 59.8 cm³/mol. The van der Waals surface area contributed by atoms with Crippen LogP contribution in [0.1, 0.15) is 12.8 Å². The Kier molecular flexibility index (Phi) is 3.51. The number of hydrogen-bond acceptors (Lipinski definition) is 4. The van der Waals surface area contributed by atoms with Crippen LogP contribution in [-0.4, -0.2) is 26.0 Å². The Labute approximate surface area is 103 Å². The average molecular weight is 278 g/mol. The van der Waals surface area contributed by atoms with Crippen molar-refractivity contribution < 1.29 is 22.0 Å². The van der Waals surface area contributed by atoms with Gasteiger partial charge in [0, 0.05) is 12.2 Å². The lowest BCUT2D eigenvalue weighted by Crippen LogP contribution is -2.36. The van der Waals surface area contributed by atoms with E-state index >= 15 is 0 Å². The Bertz CT molecular complexity index is 556. The van der Waals surface area contributed by atoms with Crippen LogP contribution in [0, 0.1) is 11.6 Å². The summed E-state index contributed by atoms with van der Waals surface area (Å²) in [7, 11) is -4.22. The van der Waals surface area contributed by atoms with E-state index < -0.39 is 26.6 Å². The molecule has 2 rings (SSSR count). The zero-order valence-corrected chi connectivity index (χ0v) is 10.2. The number of hydrogen-bond donors (Lipinski definition) is 1. The molecule has 1 aliphatic heterocycles. The van der Waals surface area contributed by atoms with Crippen molar-refractivity contribution in [3.8, 4) is 0 Å². The van der Waals surface area contributed by atoms with Crippen LogP contribution in [0.2, 0.25) is 0 Å². The SMILES string of the molecule is Nc1cc(F)c(F)c(S(=O)(=O)N2CCCCO2)c1. The predicted octanol–water partition coefficient (Wildman–Crippen LogP) is 1.26. The molecule has 0 aromatic heterocycles. The van der Waals surface area contributed by atoms with Gasteiger partial charge in [0.25, 0.3) is 10.0 Å². The normalized spacial score (nSPS) is 17.9. The monoisotopic (exact) mass is 278 g/mol. The molecule has 1 heterocycles. The minimum atomic E-state index is -4.22. The van der Waals surface area contributed by atoms with Crippen LogP contribution < -0.4 is 5.73 Å². The van der Waals surface area contributed by atoms with Crippen LogP contribution in [0.25, 0.3) is 0 Å². The highest BCUT2D eigenvalue weighted by atomic mass is 32.2. The number of nitrogens with zero attached hydrogens (tertiary/aromatic N) is 1. The molecule has 0 atom stereocenters. The van der Waals surface area contributed by atoms with Crippen molar-refractivity contribution in [2.45, 2.75) is 17.7 Å². The maximum Gasteiger partial charge on any atom is 0.268 e. The van der Waals surface area contributed by atoms with Crippen molar-refractivity contribution >= 4 is 15.7 Å². The molecule has 1 aromatic carbocycles. The third kappa shape index (κ3) is 2.31. The Hall–Kier alpha value is -1.25. The Morgan fingerprint density at radius 3 is 2.61 bits per heavy atom. The Morgan fingerprint density at radius 1 is 1.28 bits per heavy atom. The number of hydroxylamine groups is 1. The average Bonchev–Trinajstić information content (AvgIpc) is 2.34. The molecule has 2 N–H and O–H groups in total. The first-order valence-corrected chi connectivity index (χ1v) is 6.77. The van der Waals surface area contributed by atoms with Crippen molar-refractivity contribution in [3.63, 3.8) is 0 Å². The summed E-state index contributed by atoms with van der Waals surface area (Å²) in [5.74, 6) is -2.75. The summed E-state index contributed by atoms with van der Waals surface area (Å²) >= 11 is 0. The molecular formula is C10H12F2N2O3S. The van der Waals surface area contributed by atoms with Gasteiger partial charge in [0.2, 0.25) is 0 Å². The topological polar surface area (TPSA) is 72.6 Å². The molecule has 0 aliphatic carbocycles. The van der Waals surface area contributed by atoms with E-state index in [0.29, 0.717) is 10.9 Å². The number of halogens is 2. The zero-order chi connectivity index (χ0) is 13.3. The van der Waals surface area contributed by atoms with Gasteiger partial charge in [0.05, 0.1) is 6.61 Å². The molecule has 0 radical (unpaired) electrons. The van der Waals surface area contributed by atoms with E-state index in [1.165, 1.54) is 0 Å². The molecule has 0 amide bonds. The van der Waals surface area contributed by atoms with E-state index in [1.54, 1.807) is 0 Å². The minimum absolute atomic E-state index is 0.109. The molecule has 0 spiro atoms.